The number of anilines is 2. The lowest BCUT2D eigenvalue weighted by molar-refractivity contribution is -0.137. The van der Waals surface area contributed by atoms with E-state index in [4.69, 9.17) is 5.73 Å². The summed E-state index contributed by atoms with van der Waals surface area (Å²) in [7, 11) is 0. The zero-order valence-corrected chi connectivity index (χ0v) is 12.7. The Bertz CT molecular complexity index is 686. The minimum atomic E-state index is -4.52. The summed E-state index contributed by atoms with van der Waals surface area (Å²) in [5.74, 6) is -0.678. The second kappa shape index (κ2) is 5.92. The highest BCUT2D eigenvalue weighted by molar-refractivity contribution is 14.1. The maximum Gasteiger partial charge on any atom is 0.416 e. The van der Waals surface area contributed by atoms with Gasteiger partial charge in [0.2, 0.25) is 0 Å². The summed E-state index contributed by atoms with van der Waals surface area (Å²) < 4.78 is 38.8. The number of carbonyl (C=O) groups excluding carboxylic acids is 1. The Hall–Kier alpha value is -1.77. The summed E-state index contributed by atoms with van der Waals surface area (Å²) in [4.78, 5) is 12.1. The van der Waals surface area contributed by atoms with Gasteiger partial charge in [0.1, 0.15) is 0 Å². The number of nitrogens with two attached hydrogens (primary N) is 1. The highest BCUT2D eigenvalue weighted by atomic mass is 127. The Morgan fingerprint density at radius 3 is 2.43 bits per heavy atom. The van der Waals surface area contributed by atoms with Crippen molar-refractivity contribution in [2.24, 2.45) is 0 Å². The third-order valence-electron chi connectivity index (χ3n) is 2.75. The van der Waals surface area contributed by atoms with E-state index in [0.29, 0.717) is 5.69 Å². The molecule has 110 valence electrons. The Balaban J connectivity index is 2.33. The summed E-state index contributed by atoms with van der Waals surface area (Å²) in [5, 5.41) is 2.55. The number of para-hydroxylation sites is 1. The lowest BCUT2D eigenvalue weighted by Gasteiger charge is -2.12. The number of amides is 1. The number of hydrogen-bond donors (Lipinski definition) is 2. The second-order valence-corrected chi connectivity index (χ2v) is 5.40. The molecule has 0 spiro atoms. The van der Waals surface area contributed by atoms with E-state index in [1.165, 1.54) is 0 Å². The van der Waals surface area contributed by atoms with E-state index < -0.39 is 17.6 Å². The molecule has 0 saturated carbocycles. The van der Waals surface area contributed by atoms with Crippen LogP contribution >= 0.6 is 22.6 Å². The number of halogens is 4. The third kappa shape index (κ3) is 3.66. The van der Waals surface area contributed by atoms with Crippen LogP contribution in [0.5, 0.6) is 0 Å². The highest BCUT2D eigenvalue weighted by Gasteiger charge is 2.31. The number of rotatable bonds is 2. The maximum absolute atomic E-state index is 12.7. The predicted octanol–water partition coefficient (Wildman–Crippen LogP) is 4.14. The highest BCUT2D eigenvalue weighted by Crippen LogP contribution is 2.31. The molecule has 0 aliphatic rings. The molecule has 0 unspecified atom stereocenters. The number of nitrogens with one attached hydrogen (secondary N) is 1. The maximum atomic E-state index is 12.7. The van der Waals surface area contributed by atoms with Crippen molar-refractivity contribution in [1.82, 2.24) is 0 Å². The van der Waals surface area contributed by atoms with Crippen LogP contribution < -0.4 is 11.1 Å². The topological polar surface area (TPSA) is 55.1 Å². The summed E-state index contributed by atoms with van der Waals surface area (Å²) in [5.41, 5.74) is 4.98. The molecule has 2 aromatic rings. The van der Waals surface area contributed by atoms with E-state index in [9.17, 15) is 18.0 Å². The van der Waals surface area contributed by atoms with Crippen molar-refractivity contribution in [3.8, 4) is 0 Å². The fourth-order valence-corrected chi connectivity index (χ4v) is 2.20. The molecule has 0 fully saturated rings. The number of alkyl halides is 3. The van der Waals surface area contributed by atoms with Crippen LogP contribution in [0.25, 0.3) is 0 Å². The smallest absolute Gasteiger partial charge is 0.398 e. The molecule has 21 heavy (non-hydrogen) atoms. The SMILES string of the molecule is Nc1ccc(C(F)(F)F)cc1C(=O)Nc1ccccc1I. The fraction of sp³-hybridized carbons (Fsp3) is 0.0714. The van der Waals surface area contributed by atoms with Gasteiger partial charge in [0.05, 0.1) is 16.8 Å². The number of benzene rings is 2. The lowest BCUT2D eigenvalue weighted by Crippen LogP contribution is -2.16. The summed E-state index contributed by atoms with van der Waals surface area (Å²) in [6, 6.07) is 9.60. The van der Waals surface area contributed by atoms with E-state index in [0.717, 1.165) is 21.8 Å². The quantitative estimate of drug-likeness (QED) is 0.582. The van der Waals surface area contributed by atoms with Gasteiger partial charge in [0, 0.05) is 9.26 Å². The van der Waals surface area contributed by atoms with Crippen molar-refractivity contribution < 1.29 is 18.0 Å². The molecule has 1 amide bonds. The van der Waals surface area contributed by atoms with Gasteiger partial charge in [-0.2, -0.15) is 13.2 Å². The van der Waals surface area contributed by atoms with Gasteiger partial charge in [-0.3, -0.25) is 4.79 Å². The van der Waals surface area contributed by atoms with Gasteiger partial charge in [-0.05, 0) is 52.9 Å². The van der Waals surface area contributed by atoms with Crippen molar-refractivity contribution >= 4 is 39.9 Å². The lowest BCUT2D eigenvalue weighted by atomic mass is 10.1. The molecule has 3 nitrogen and oxygen atoms in total. The number of hydrogen-bond acceptors (Lipinski definition) is 2. The molecule has 0 atom stereocenters. The minimum Gasteiger partial charge on any atom is -0.398 e. The molecule has 7 heteroatoms. The van der Waals surface area contributed by atoms with Crippen molar-refractivity contribution in [1.29, 1.82) is 0 Å². The van der Waals surface area contributed by atoms with Crippen LogP contribution in [0.3, 0.4) is 0 Å². The first-order valence-electron chi connectivity index (χ1n) is 5.81. The van der Waals surface area contributed by atoms with Gasteiger partial charge in [0.15, 0.2) is 0 Å². The second-order valence-electron chi connectivity index (χ2n) is 4.23. The minimum absolute atomic E-state index is 0.00793. The zero-order valence-electron chi connectivity index (χ0n) is 10.5. The number of nitrogen functional groups attached to an aromatic ring is 1. The molecule has 0 aliphatic heterocycles. The van der Waals surface area contributed by atoms with Crippen LogP contribution in [0, 0.1) is 3.57 Å². The van der Waals surface area contributed by atoms with E-state index in [1.54, 1.807) is 24.3 Å². The summed E-state index contributed by atoms with van der Waals surface area (Å²) >= 11 is 2.02. The van der Waals surface area contributed by atoms with Gasteiger partial charge in [-0.1, -0.05) is 12.1 Å². The first-order valence-corrected chi connectivity index (χ1v) is 6.89. The summed E-state index contributed by atoms with van der Waals surface area (Å²) in [6.45, 7) is 0. The van der Waals surface area contributed by atoms with E-state index in [-0.39, 0.29) is 11.3 Å². The first kappa shape index (κ1) is 15.6. The molecule has 0 aromatic heterocycles. The Labute approximate surface area is 132 Å². The standard InChI is InChI=1S/C14H10F3IN2O/c15-14(16,17)8-5-6-11(19)9(7-8)13(21)20-12-4-2-1-3-10(12)18/h1-7H,19H2,(H,20,21). The molecule has 0 bridgehead atoms. The Morgan fingerprint density at radius 2 is 1.81 bits per heavy atom. The van der Waals surface area contributed by atoms with Gasteiger partial charge >= 0.3 is 6.18 Å². The van der Waals surface area contributed by atoms with Gasteiger partial charge in [0.25, 0.3) is 5.91 Å². The van der Waals surface area contributed by atoms with E-state index in [2.05, 4.69) is 5.32 Å². The Kier molecular flexibility index (Phi) is 4.40. The molecule has 2 rings (SSSR count). The zero-order chi connectivity index (χ0) is 15.6. The van der Waals surface area contributed by atoms with Crippen LogP contribution in [0.15, 0.2) is 42.5 Å². The average Bonchev–Trinajstić information content (AvgIpc) is 2.40. The predicted molar refractivity (Wildman–Crippen MR) is 83.0 cm³/mol. The Morgan fingerprint density at radius 1 is 1.14 bits per heavy atom. The van der Waals surface area contributed by atoms with Gasteiger partial charge < -0.3 is 11.1 Å². The molecule has 0 heterocycles. The van der Waals surface area contributed by atoms with Crippen LogP contribution in [-0.4, -0.2) is 5.91 Å². The normalized spacial score (nSPS) is 11.2. The van der Waals surface area contributed by atoms with Gasteiger partial charge in [-0.15, -0.1) is 0 Å². The van der Waals surface area contributed by atoms with Crippen molar-refractivity contribution in [3.63, 3.8) is 0 Å². The van der Waals surface area contributed by atoms with Gasteiger partial charge in [-0.25, -0.2) is 0 Å². The van der Waals surface area contributed by atoms with E-state index >= 15 is 0 Å². The van der Waals surface area contributed by atoms with Crippen LogP contribution in [0.2, 0.25) is 0 Å². The molecule has 0 aliphatic carbocycles. The van der Waals surface area contributed by atoms with Crippen molar-refractivity contribution in [2.75, 3.05) is 11.1 Å². The van der Waals surface area contributed by atoms with Crippen LogP contribution in [0.4, 0.5) is 24.5 Å². The molecule has 0 radical (unpaired) electrons. The summed E-state index contributed by atoms with van der Waals surface area (Å²) in [6.07, 6.45) is -4.52. The number of carbonyl (C=O) groups is 1. The molecule has 2 aromatic carbocycles. The third-order valence-corrected chi connectivity index (χ3v) is 3.69. The average molecular weight is 406 g/mol. The van der Waals surface area contributed by atoms with Crippen LogP contribution in [0.1, 0.15) is 15.9 Å². The largest absolute Gasteiger partial charge is 0.416 e. The molecule has 0 saturated heterocycles. The van der Waals surface area contributed by atoms with Crippen LogP contribution in [-0.2, 0) is 6.18 Å². The molecule has 3 N–H and O–H groups in total. The molecular weight excluding hydrogens is 396 g/mol. The fourth-order valence-electron chi connectivity index (χ4n) is 1.68. The monoisotopic (exact) mass is 406 g/mol. The van der Waals surface area contributed by atoms with Crippen molar-refractivity contribution in [2.45, 2.75) is 6.18 Å². The van der Waals surface area contributed by atoms with Crippen molar-refractivity contribution in [3.05, 3.63) is 57.2 Å². The van der Waals surface area contributed by atoms with E-state index in [1.807, 2.05) is 22.6 Å². The first-order chi connectivity index (χ1) is 9.79. The molecular formula is C14H10F3IN2O.